The molecule has 0 aliphatic carbocycles. The monoisotopic (exact) mass is 1010 g/mol. The van der Waals surface area contributed by atoms with Gasteiger partial charge in [0.15, 0.2) is 0 Å². The number of rotatable bonds is 9. The zero-order valence-corrected chi connectivity index (χ0v) is 43.5. The van der Waals surface area contributed by atoms with Gasteiger partial charge in [-0.1, -0.05) is 237 Å². The average molecular weight is 1010 g/mol. The van der Waals surface area contributed by atoms with E-state index in [2.05, 4.69) is 290 Å². The predicted octanol–water partition coefficient (Wildman–Crippen LogP) is 22.2. The fraction of sp³-hybridized carbons (Fsp3) is 0. The maximum Gasteiger partial charge on any atom is 0.0462 e. The normalized spacial score (nSPS) is 11.6. The molecule has 13 aromatic carbocycles. The molecule has 15 rings (SSSR count). The minimum atomic E-state index is 1.09. The van der Waals surface area contributed by atoms with Gasteiger partial charge in [-0.3, -0.25) is 0 Å². The number of nitrogens with zero attached hydrogens (tertiary/aromatic N) is 1. The summed E-state index contributed by atoms with van der Waals surface area (Å²) in [5.74, 6) is 0. The Balaban J connectivity index is 0.835. The molecule has 0 spiro atoms. The van der Waals surface area contributed by atoms with Crippen molar-refractivity contribution >= 4 is 102 Å². The largest absolute Gasteiger partial charge is 0.311 e. The molecule has 0 aliphatic heterocycles. The molecule has 0 atom stereocenters. The van der Waals surface area contributed by atoms with Crippen LogP contribution in [0.2, 0.25) is 0 Å². The van der Waals surface area contributed by atoms with E-state index in [1.165, 1.54) is 129 Å². The van der Waals surface area contributed by atoms with Crippen LogP contribution in [0.3, 0.4) is 0 Å². The second kappa shape index (κ2) is 18.8. The fourth-order valence-electron chi connectivity index (χ4n) is 11.7. The molecule has 0 fully saturated rings. The molecule has 77 heavy (non-hydrogen) atoms. The Morgan fingerprint density at radius 2 is 0.506 bits per heavy atom. The Labute approximate surface area is 455 Å². The summed E-state index contributed by atoms with van der Waals surface area (Å²) in [6.45, 7) is 0. The van der Waals surface area contributed by atoms with Crippen LogP contribution in [0.4, 0.5) is 17.1 Å². The zero-order chi connectivity index (χ0) is 50.8. The first-order chi connectivity index (χ1) is 38.2. The topological polar surface area (TPSA) is 3.24 Å². The van der Waals surface area contributed by atoms with Crippen molar-refractivity contribution in [1.29, 1.82) is 0 Å². The molecule has 360 valence electrons. The molecule has 2 aromatic heterocycles. The van der Waals surface area contributed by atoms with E-state index >= 15 is 0 Å². The van der Waals surface area contributed by atoms with E-state index in [0.29, 0.717) is 0 Å². The molecule has 0 N–H and O–H groups in total. The molecule has 0 unspecified atom stereocenters. The van der Waals surface area contributed by atoms with Crippen LogP contribution >= 0.6 is 22.7 Å². The summed E-state index contributed by atoms with van der Waals surface area (Å²) in [6, 6.07) is 105. The van der Waals surface area contributed by atoms with Gasteiger partial charge in [0.05, 0.1) is 0 Å². The van der Waals surface area contributed by atoms with Gasteiger partial charge in [0, 0.05) is 68.5 Å². The van der Waals surface area contributed by atoms with Crippen LogP contribution in [0.15, 0.2) is 285 Å². The summed E-state index contributed by atoms with van der Waals surface area (Å²) in [4.78, 5) is 2.40. The molecule has 0 bridgehead atoms. The maximum atomic E-state index is 2.40. The van der Waals surface area contributed by atoms with Crippen LogP contribution in [-0.2, 0) is 0 Å². The summed E-state index contributed by atoms with van der Waals surface area (Å²) in [5, 5.41) is 10.4. The SMILES string of the molecule is c1ccc(-c2ccc(-c3ccc(N(c4ccc(-c5cccc6c5sc5c(-c7ccccc7)cc7ccccc7c56)cc4)c4ccc(-c5cccc6c5sc5c(-c7ccccc7)cc7ccccc7c56)cc4)cc3)cc2)cc1. The van der Waals surface area contributed by atoms with Crippen LogP contribution in [-0.4, -0.2) is 0 Å². The van der Waals surface area contributed by atoms with E-state index in [-0.39, 0.29) is 0 Å². The summed E-state index contributed by atoms with van der Waals surface area (Å²) in [6.07, 6.45) is 0. The Kier molecular flexibility index (Phi) is 11.0. The molecule has 15 aromatic rings. The van der Waals surface area contributed by atoms with Crippen molar-refractivity contribution < 1.29 is 0 Å². The van der Waals surface area contributed by atoms with Gasteiger partial charge in [0.25, 0.3) is 0 Å². The van der Waals surface area contributed by atoms with E-state index in [1.807, 2.05) is 22.7 Å². The standard InChI is InChI=1S/C74H47NS2/c1-4-16-48(17-5-1)49-30-32-50(33-31-49)51-34-40-58(41-35-51)75(59-42-36-54(37-43-59)63-26-14-28-65-69-61-24-12-10-22-56(61)46-67(73(69)76-71(63)65)52-18-6-2-7-19-52)60-44-38-55(39-45-60)64-27-15-29-66-70-62-25-13-11-23-57(62)47-68(74(70)77-72(64)66)53-20-8-3-9-21-53/h1-47H. The van der Waals surface area contributed by atoms with Gasteiger partial charge in [0.2, 0.25) is 0 Å². The first kappa shape index (κ1) is 45.0. The zero-order valence-electron chi connectivity index (χ0n) is 41.9. The highest BCUT2D eigenvalue weighted by molar-refractivity contribution is 7.27. The second-order valence-corrected chi connectivity index (χ2v) is 22.0. The number of fused-ring (bicyclic) bond motifs is 10. The van der Waals surface area contributed by atoms with E-state index in [1.54, 1.807) is 0 Å². The van der Waals surface area contributed by atoms with E-state index < -0.39 is 0 Å². The second-order valence-electron chi connectivity index (χ2n) is 19.9. The van der Waals surface area contributed by atoms with Crippen molar-refractivity contribution in [3.63, 3.8) is 0 Å². The highest BCUT2D eigenvalue weighted by Crippen LogP contribution is 2.50. The Bertz CT molecular complexity index is 4430. The molecule has 2 heterocycles. The highest BCUT2D eigenvalue weighted by Gasteiger charge is 2.21. The summed E-state index contributed by atoms with van der Waals surface area (Å²) in [7, 11) is 0. The average Bonchev–Trinajstić information content (AvgIpc) is 4.34. The first-order valence-electron chi connectivity index (χ1n) is 26.3. The molecule has 0 radical (unpaired) electrons. The molecule has 0 aliphatic rings. The van der Waals surface area contributed by atoms with Crippen molar-refractivity contribution in [1.82, 2.24) is 0 Å². The Morgan fingerprint density at radius 3 is 0.909 bits per heavy atom. The summed E-state index contributed by atoms with van der Waals surface area (Å²) >= 11 is 3.83. The van der Waals surface area contributed by atoms with Crippen LogP contribution in [0.5, 0.6) is 0 Å². The highest BCUT2D eigenvalue weighted by atomic mass is 32.1. The van der Waals surface area contributed by atoms with Gasteiger partial charge in [-0.25, -0.2) is 0 Å². The van der Waals surface area contributed by atoms with Gasteiger partial charge in [-0.15, -0.1) is 22.7 Å². The lowest BCUT2D eigenvalue weighted by atomic mass is 9.95. The molecule has 3 heteroatoms. The molecule has 0 saturated heterocycles. The van der Waals surface area contributed by atoms with Crippen LogP contribution < -0.4 is 4.90 Å². The van der Waals surface area contributed by atoms with E-state index in [4.69, 9.17) is 0 Å². The number of hydrogen-bond acceptors (Lipinski definition) is 3. The predicted molar refractivity (Wildman–Crippen MR) is 335 cm³/mol. The van der Waals surface area contributed by atoms with Gasteiger partial charge in [0.1, 0.15) is 0 Å². The molecule has 0 amide bonds. The number of hydrogen-bond donors (Lipinski definition) is 0. The maximum absolute atomic E-state index is 2.40. The fourth-order valence-corrected chi connectivity index (χ4v) is 14.5. The van der Waals surface area contributed by atoms with E-state index in [9.17, 15) is 0 Å². The van der Waals surface area contributed by atoms with Crippen molar-refractivity contribution in [2.24, 2.45) is 0 Å². The van der Waals surface area contributed by atoms with E-state index in [0.717, 1.165) is 17.1 Å². The lowest BCUT2D eigenvalue weighted by molar-refractivity contribution is 1.28. The van der Waals surface area contributed by atoms with Crippen LogP contribution in [0.25, 0.3) is 129 Å². The van der Waals surface area contributed by atoms with Gasteiger partial charge in [-0.2, -0.15) is 0 Å². The Morgan fingerprint density at radius 1 is 0.208 bits per heavy atom. The number of anilines is 3. The minimum absolute atomic E-state index is 1.09. The summed E-state index contributed by atoms with van der Waals surface area (Å²) < 4.78 is 5.27. The molecular weight excluding hydrogens is 967 g/mol. The van der Waals surface area contributed by atoms with Gasteiger partial charge in [-0.05, 0) is 126 Å². The van der Waals surface area contributed by atoms with Crippen molar-refractivity contribution in [3.8, 4) is 66.8 Å². The number of thiophene rings is 2. The van der Waals surface area contributed by atoms with Gasteiger partial charge < -0.3 is 4.90 Å². The third-order valence-electron chi connectivity index (χ3n) is 15.5. The smallest absolute Gasteiger partial charge is 0.0462 e. The third-order valence-corrected chi connectivity index (χ3v) is 18.0. The lowest BCUT2D eigenvalue weighted by Gasteiger charge is -2.26. The summed E-state index contributed by atoms with van der Waals surface area (Å²) in [5.41, 5.74) is 18.0. The first-order valence-corrected chi connectivity index (χ1v) is 27.9. The van der Waals surface area contributed by atoms with Crippen LogP contribution in [0, 0.1) is 0 Å². The van der Waals surface area contributed by atoms with Gasteiger partial charge >= 0.3 is 0 Å². The van der Waals surface area contributed by atoms with Crippen molar-refractivity contribution in [2.45, 2.75) is 0 Å². The molecule has 0 saturated carbocycles. The quantitative estimate of drug-likeness (QED) is 0.139. The van der Waals surface area contributed by atoms with Crippen molar-refractivity contribution in [2.75, 3.05) is 4.90 Å². The molecular formula is C74H47NS2. The number of benzene rings is 13. The Hall–Kier alpha value is -9.38. The molecule has 1 nitrogen and oxygen atoms in total. The van der Waals surface area contributed by atoms with Crippen LogP contribution in [0.1, 0.15) is 0 Å². The lowest BCUT2D eigenvalue weighted by Crippen LogP contribution is -2.09. The minimum Gasteiger partial charge on any atom is -0.311 e. The van der Waals surface area contributed by atoms with Crippen molar-refractivity contribution in [3.05, 3.63) is 285 Å². The third kappa shape index (κ3) is 7.82.